The molecule has 0 unspecified atom stereocenters. The Morgan fingerprint density at radius 3 is 3.14 bits per heavy atom. The number of carbonyl (C=O) groups excluding carboxylic acids is 1. The first-order valence-corrected chi connectivity index (χ1v) is 7.14. The van der Waals surface area contributed by atoms with Crippen molar-refractivity contribution in [1.82, 2.24) is 10.2 Å². The summed E-state index contributed by atoms with van der Waals surface area (Å²) in [4.78, 5) is 13.7. The second kappa shape index (κ2) is 7.54. The van der Waals surface area contributed by atoms with Crippen LogP contribution in [0.1, 0.15) is 11.7 Å². The Bertz CT molecular complexity index is 524. The molecule has 1 N–H and O–H groups in total. The Labute approximate surface area is 128 Å². The number of nitrogens with one attached hydrogen (secondary N) is 1. The van der Waals surface area contributed by atoms with Crippen molar-refractivity contribution >= 4 is 17.5 Å². The van der Waals surface area contributed by atoms with Crippen LogP contribution in [-0.4, -0.2) is 43.6 Å². The third-order valence-electron chi connectivity index (χ3n) is 3.28. The Hall–Kier alpha value is -1.43. The van der Waals surface area contributed by atoms with Gasteiger partial charge in [-0.3, -0.25) is 9.69 Å². The van der Waals surface area contributed by atoms with Gasteiger partial charge in [-0.15, -0.1) is 6.58 Å². The Balaban J connectivity index is 1.95. The second-order valence-electron chi connectivity index (χ2n) is 4.86. The number of rotatable bonds is 5. The molecule has 4 nitrogen and oxygen atoms in total. The first-order valence-electron chi connectivity index (χ1n) is 6.76. The average Bonchev–Trinajstić information content (AvgIpc) is 2.48. The van der Waals surface area contributed by atoms with Crippen LogP contribution in [0.15, 0.2) is 30.9 Å². The molecular weight excluding hydrogens is 295 g/mol. The molecule has 1 amide bonds. The van der Waals surface area contributed by atoms with Gasteiger partial charge < -0.3 is 10.1 Å². The van der Waals surface area contributed by atoms with Gasteiger partial charge in [0, 0.05) is 19.6 Å². The van der Waals surface area contributed by atoms with Crippen molar-refractivity contribution in [2.24, 2.45) is 0 Å². The van der Waals surface area contributed by atoms with Crippen LogP contribution in [0, 0.1) is 5.82 Å². The predicted molar refractivity (Wildman–Crippen MR) is 79.7 cm³/mol. The highest BCUT2D eigenvalue weighted by molar-refractivity contribution is 6.30. The Morgan fingerprint density at radius 1 is 1.62 bits per heavy atom. The molecule has 0 radical (unpaired) electrons. The largest absolute Gasteiger partial charge is 0.371 e. The molecular formula is C15H18ClFN2O2. The van der Waals surface area contributed by atoms with E-state index in [1.54, 1.807) is 18.2 Å². The van der Waals surface area contributed by atoms with E-state index in [1.165, 1.54) is 6.07 Å². The van der Waals surface area contributed by atoms with Crippen LogP contribution in [0.2, 0.25) is 5.02 Å². The molecule has 1 fully saturated rings. The summed E-state index contributed by atoms with van der Waals surface area (Å²) < 4.78 is 18.9. The zero-order valence-electron chi connectivity index (χ0n) is 11.6. The SMILES string of the molecule is C=CCNC(=O)CN1CCO[C@@H](c2ccc(F)c(Cl)c2)C1. The van der Waals surface area contributed by atoms with Crippen molar-refractivity contribution in [3.05, 3.63) is 47.3 Å². The number of nitrogens with zero attached hydrogens (tertiary/aromatic N) is 1. The molecule has 1 aliphatic rings. The highest BCUT2D eigenvalue weighted by Crippen LogP contribution is 2.26. The van der Waals surface area contributed by atoms with Crippen LogP contribution in [-0.2, 0) is 9.53 Å². The first kappa shape index (κ1) is 15.9. The minimum Gasteiger partial charge on any atom is -0.371 e. The van der Waals surface area contributed by atoms with E-state index in [0.29, 0.717) is 32.8 Å². The van der Waals surface area contributed by atoms with Gasteiger partial charge in [-0.25, -0.2) is 4.39 Å². The van der Waals surface area contributed by atoms with Gasteiger partial charge in [-0.1, -0.05) is 23.7 Å². The van der Waals surface area contributed by atoms with E-state index in [1.807, 2.05) is 4.90 Å². The summed E-state index contributed by atoms with van der Waals surface area (Å²) in [5.74, 6) is -0.496. The van der Waals surface area contributed by atoms with Gasteiger partial charge in [0.25, 0.3) is 0 Å². The molecule has 21 heavy (non-hydrogen) atoms. The number of hydrogen-bond acceptors (Lipinski definition) is 3. The van der Waals surface area contributed by atoms with E-state index < -0.39 is 5.82 Å². The molecule has 2 rings (SSSR count). The van der Waals surface area contributed by atoms with Crippen LogP contribution >= 0.6 is 11.6 Å². The maximum atomic E-state index is 13.2. The van der Waals surface area contributed by atoms with Gasteiger partial charge in [0.1, 0.15) is 5.82 Å². The smallest absolute Gasteiger partial charge is 0.234 e. The lowest BCUT2D eigenvalue weighted by Crippen LogP contribution is -2.44. The second-order valence-corrected chi connectivity index (χ2v) is 5.27. The minimum atomic E-state index is -0.447. The molecule has 1 atom stereocenters. The molecule has 6 heteroatoms. The fourth-order valence-electron chi connectivity index (χ4n) is 2.21. The van der Waals surface area contributed by atoms with Crippen LogP contribution in [0.25, 0.3) is 0 Å². The van der Waals surface area contributed by atoms with Gasteiger partial charge in [-0.2, -0.15) is 0 Å². The fraction of sp³-hybridized carbons (Fsp3) is 0.400. The number of amides is 1. The van der Waals surface area contributed by atoms with Gasteiger partial charge >= 0.3 is 0 Å². The molecule has 0 saturated carbocycles. The standard InChI is InChI=1S/C15H18ClFN2O2/c1-2-5-18-15(20)10-19-6-7-21-14(9-19)11-3-4-13(17)12(16)8-11/h2-4,8,14H,1,5-7,9-10H2,(H,18,20)/t14-/m1/s1. The number of benzene rings is 1. The lowest BCUT2D eigenvalue weighted by molar-refractivity contribution is -0.124. The third kappa shape index (κ3) is 4.52. The highest BCUT2D eigenvalue weighted by atomic mass is 35.5. The fourth-order valence-corrected chi connectivity index (χ4v) is 2.39. The molecule has 1 aliphatic heterocycles. The van der Waals surface area contributed by atoms with Gasteiger partial charge in [0.2, 0.25) is 5.91 Å². The molecule has 1 aromatic rings. The summed E-state index contributed by atoms with van der Waals surface area (Å²) in [5, 5.41) is 2.82. The van der Waals surface area contributed by atoms with Crippen molar-refractivity contribution < 1.29 is 13.9 Å². The summed E-state index contributed by atoms with van der Waals surface area (Å²) in [6.45, 7) is 6.10. The van der Waals surface area contributed by atoms with Crippen molar-refractivity contribution in [3.63, 3.8) is 0 Å². The van der Waals surface area contributed by atoms with Crippen LogP contribution in [0.3, 0.4) is 0 Å². The maximum Gasteiger partial charge on any atom is 0.234 e. The van der Waals surface area contributed by atoms with Crippen LogP contribution < -0.4 is 5.32 Å². The highest BCUT2D eigenvalue weighted by Gasteiger charge is 2.23. The lowest BCUT2D eigenvalue weighted by Gasteiger charge is -2.32. The number of ether oxygens (including phenoxy) is 1. The van der Waals surface area contributed by atoms with Crippen LogP contribution in [0.5, 0.6) is 0 Å². The first-order chi connectivity index (χ1) is 10.1. The van der Waals surface area contributed by atoms with Crippen molar-refractivity contribution in [1.29, 1.82) is 0 Å². The summed E-state index contributed by atoms with van der Waals surface area (Å²) in [7, 11) is 0. The Kier molecular flexibility index (Phi) is 5.73. The van der Waals surface area contributed by atoms with Crippen molar-refractivity contribution in [2.45, 2.75) is 6.10 Å². The summed E-state index contributed by atoms with van der Waals surface area (Å²) >= 11 is 5.79. The topological polar surface area (TPSA) is 41.6 Å². The number of halogens is 2. The molecule has 0 bridgehead atoms. The number of carbonyl (C=O) groups is 1. The van der Waals surface area contributed by atoms with Crippen LogP contribution in [0.4, 0.5) is 4.39 Å². The van der Waals surface area contributed by atoms with E-state index in [4.69, 9.17) is 16.3 Å². The van der Waals surface area contributed by atoms with E-state index in [9.17, 15) is 9.18 Å². The minimum absolute atomic E-state index is 0.0484. The van der Waals surface area contributed by atoms with Gasteiger partial charge in [0.15, 0.2) is 0 Å². The molecule has 114 valence electrons. The summed E-state index contributed by atoms with van der Waals surface area (Å²) in [6.07, 6.45) is 1.43. The monoisotopic (exact) mass is 312 g/mol. The van der Waals surface area contributed by atoms with Gasteiger partial charge in [-0.05, 0) is 17.7 Å². The van der Waals surface area contributed by atoms with Crippen molar-refractivity contribution in [2.75, 3.05) is 32.8 Å². The molecule has 0 aliphatic carbocycles. The average molecular weight is 313 g/mol. The predicted octanol–water partition coefficient (Wildman–Crippen LogP) is 2.15. The molecule has 1 saturated heterocycles. The molecule has 0 spiro atoms. The summed E-state index contributed by atoms with van der Waals surface area (Å²) in [6, 6.07) is 4.56. The maximum absolute atomic E-state index is 13.2. The molecule has 0 aromatic heterocycles. The molecule has 1 aromatic carbocycles. The molecule has 1 heterocycles. The zero-order chi connectivity index (χ0) is 15.2. The quantitative estimate of drug-likeness (QED) is 0.847. The van der Waals surface area contributed by atoms with E-state index in [-0.39, 0.29) is 17.0 Å². The third-order valence-corrected chi connectivity index (χ3v) is 3.57. The van der Waals surface area contributed by atoms with E-state index >= 15 is 0 Å². The number of morpholine rings is 1. The zero-order valence-corrected chi connectivity index (χ0v) is 12.4. The normalized spacial score (nSPS) is 19.2. The van der Waals surface area contributed by atoms with Crippen molar-refractivity contribution in [3.8, 4) is 0 Å². The lowest BCUT2D eigenvalue weighted by atomic mass is 10.1. The van der Waals surface area contributed by atoms with E-state index in [2.05, 4.69) is 11.9 Å². The Morgan fingerprint density at radius 2 is 2.43 bits per heavy atom. The summed E-state index contributed by atoms with van der Waals surface area (Å²) in [5.41, 5.74) is 0.817. The number of hydrogen-bond donors (Lipinski definition) is 1. The van der Waals surface area contributed by atoms with E-state index in [0.717, 1.165) is 5.56 Å². The van der Waals surface area contributed by atoms with Gasteiger partial charge in [0.05, 0.1) is 24.3 Å².